The number of aryl methyl sites for hydroxylation is 1. The van der Waals surface area contributed by atoms with Crippen molar-refractivity contribution in [3.05, 3.63) is 22.4 Å². The van der Waals surface area contributed by atoms with Gasteiger partial charge in [0.2, 0.25) is 0 Å². The lowest BCUT2D eigenvalue weighted by Crippen LogP contribution is -2.15. The van der Waals surface area contributed by atoms with Crippen LogP contribution in [0.15, 0.2) is 0 Å². The number of halogens is 3. The second-order valence-corrected chi connectivity index (χ2v) is 2.93. The van der Waals surface area contributed by atoms with Gasteiger partial charge in [-0.15, -0.1) is 0 Å². The molecule has 0 fully saturated rings. The number of rotatable bonds is 0. The number of nitrogen functional groups attached to an aromatic ring is 1. The molecule has 1 rings (SSSR count). The fourth-order valence-electron chi connectivity index (χ4n) is 1.26. The summed E-state index contributed by atoms with van der Waals surface area (Å²) in [6, 6.07) is 2.70. The maximum Gasteiger partial charge on any atom is 0.419 e. The minimum atomic E-state index is -4.81. The largest absolute Gasteiger partial charge is 0.419 e. The molecule has 7 heteroatoms. The Morgan fingerprint density at radius 1 is 1.19 bits per heavy atom. The Balaban J connectivity index is 3.81. The summed E-state index contributed by atoms with van der Waals surface area (Å²) in [4.78, 5) is 3.52. The minimum Gasteiger partial charge on any atom is -0.383 e. The van der Waals surface area contributed by atoms with Gasteiger partial charge < -0.3 is 5.73 Å². The monoisotopic (exact) mass is 226 g/mol. The molecule has 0 bridgehead atoms. The first-order chi connectivity index (χ1) is 7.32. The van der Waals surface area contributed by atoms with Crippen LogP contribution in [0, 0.1) is 29.6 Å². The van der Waals surface area contributed by atoms with Crippen molar-refractivity contribution in [2.45, 2.75) is 13.1 Å². The first kappa shape index (κ1) is 11.8. The number of anilines is 1. The number of nitrogens with zero attached hydrogens (tertiary/aromatic N) is 3. The molecule has 0 unspecified atom stereocenters. The Bertz CT molecular complexity index is 481. The van der Waals surface area contributed by atoms with E-state index in [-0.39, 0.29) is 5.69 Å². The standard InChI is InChI=1S/C9H5F3N4/c1-4-5(2-13)7(9(10,11)12)6(3-14)8(15)16-4/h1H3,(H2,15,16). The van der Waals surface area contributed by atoms with Gasteiger partial charge in [-0.05, 0) is 6.92 Å². The molecule has 2 N–H and O–H groups in total. The SMILES string of the molecule is Cc1nc(N)c(C#N)c(C(F)(F)F)c1C#N. The van der Waals surface area contributed by atoms with Gasteiger partial charge in [0.1, 0.15) is 23.5 Å². The zero-order valence-corrected chi connectivity index (χ0v) is 8.05. The molecular formula is C9H5F3N4. The molecule has 1 aromatic rings. The topological polar surface area (TPSA) is 86.5 Å². The van der Waals surface area contributed by atoms with Crippen LogP contribution in [0.25, 0.3) is 0 Å². The third-order valence-corrected chi connectivity index (χ3v) is 1.91. The van der Waals surface area contributed by atoms with Crippen LogP contribution < -0.4 is 5.73 Å². The second-order valence-electron chi connectivity index (χ2n) is 2.93. The van der Waals surface area contributed by atoms with Crippen LogP contribution in [0.3, 0.4) is 0 Å². The molecule has 0 atom stereocenters. The fourth-order valence-corrected chi connectivity index (χ4v) is 1.26. The highest BCUT2D eigenvalue weighted by atomic mass is 19.4. The van der Waals surface area contributed by atoms with Gasteiger partial charge in [-0.1, -0.05) is 0 Å². The molecule has 0 aromatic carbocycles. The highest BCUT2D eigenvalue weighted by molar-refractivity contribution is 5.61. The van der Waals surface area contributed by atoms with E-state index in [1.54, 1.807) is 0 Å². The summed E-state index contributed by atoms with van der Waals surface area (Å²) in [6.45, 7) is 1.23. The lowest BCUT2D eigenvalue weighted by atomic mass is 10.0. The number of aromatic nitrogens is 1. The molecule has 1 heterocycles. The van der Waals surface area contributed by atoms with E-state index < -0.39 is 28.7 Å². The number of nitrogens with two attached hydrogens (primary N) is 1. The smallest absolute Gasteiger partial charge is 0.383 e. The minimum absolute atomic E-state index is 0.147. The zero-order chi connectivity index (χ0) is 12.5. The van der Waals surface area contributed by atoms with E-state index in [1.807, 2.05) is 0 Å². The number of nitriles is 2. The van der Waals surface area contributed by atoms with Gasteiger partial charge >= 0.3 is 6.18 Å². The van der Waals surface area contributed by atoms with Crippen molar-refractivity contribution in [1.82, 2.24) is 4.98 Å². The summed E-state index contributed by atoms with van der Waals surface area (Å²) in [5, 5.41) is 17.2. The summed E-state index contributed by atoms with van der Waals surface area (Å²) in [7, 11) is 0. The number of hydrogen-bond acceptors (Lipinski definition) is 4. The van der Waals surface area contributed by atoms with Crippen molar-refractivity contribution in [2.75, 3.05) is 5.73 Å². The average Bonchev–Trinajstić information content (AvgIpc) is 2.15. The lowest BCUT2D eigenvalue weighted by molar-refractivity contribution is -0.138. The van der Waals surface area contributed by atoms with E-state index in [0.717, 1.165) is 0 Å². The van der Waals surface area contributed by atoms with Gasteiger partial charge in [-0.25, -0.2) is 4.98 Å². The number of pyridine rings is 1. The average molecular weight is 226 g/mol. The van der Waals surface area contributed by atoms with Crippen molar-refractivity contribution in [1.29, 1.82) is 10.5 Å². The maximum atomic E-state index is 12.7. The highest BCUT2D eigenvalue weighted by Gasteiger charge is 2.39. The molecule has 0 amide bonds. The van der Waals surface area contributed by atoms with Crippen LogP contribution in [0.4, 0.5) is 19.0 Å². The van der Waals surface area contributed by atoms with Crippen LogP contribution in [-0.4, -0.2) is 4.98 Å². The molecule has 1 aromatic heterocycles. The number of alkyl halides is 3. The number of hydrogen-bond donors (Lipinski definition) is 1. The van der Waals surface area contributed by atoms with Crippen LogP contribution in [-0.2, 0) is 6.18 Å². The van der Waals surface area contributed by atoms with E-state index >= 15 is 0 Å². The van der Waals surface area contributed by atoms with Gasteiger partial charge in [-0.2, -0.15) is 23.7 Å². The van der Waals surface area contributed by atoms with E-state index in [4.69, 9.17) is 16.3 Å². The van der Waals surface area contributed by atoms with Gasteiger partial charge in [0, 0.05) is 0 Å². The van der Waals surface area contributed by atoms with Crippen molar-refractivity contribution in [3.8, 4) is 12.1 Å². The lowest BCUT2D eigenvalue weighted by Gasteiger charge is -2.13. The second kappa shape index (κ2) is 3.70. The quantitative estimate of drug-likeness (QED) is 0.729. The highest BCUT2D eigenvalue weighted by Crippen LogP contribution is 2.36. The fraction of sp³-hybridized carbons (Fsp3) is 0.222. The van der Waals surface area contributed by atoms with Gasteiger partial charge in [-0.3, -0.25) is 0 Å². The van der Waals surface area contributed by atoms with Crippen LogP contribution in [0.2, 0.25) is 0 Å². The summed E-state index contributed by atoms with van der Waals surface area (Å²) in [5.74, 6) is -0.522. The third kappa shape index (κ3) is 1.75. The zero-order valence-electron chi connectivity index (χ0n) is 8.05. The summed E-state index contributed by atoms with van der Waals surface area (Å²) in [5.41, 5.74) is 2.27. The molecule has 0 spiro atoms. The first-order valence-corrected chi connectivity index (χ1v) is 4.00. The molecule has 0 aliphatic carbocycles. The van der Waals surface area contributed by atoms with E-state index in [0.29, 0.717) is 0 Å². The van der Waals surface area contributed by atoms with E-state index in [1.165, 1.54) is 19.1 Å². The maximum absolute atomic E-state index is 12.7. The van der Waals surface area contributed by atoms with Crippen molar-refractivity contribution in [2.24, 2.45) is 0 Å². The third-order valence-electron chi connectivity index (χ3n) is 1.91. The Hall–Kier alpha value is -2.28. The molecular weight excluding hydrogens is 221 g/mol. The molecule has 82 valence electrons. The Labute approximate surface area is 88.7 Å². The molecule has 0 saturated carbocycles. The van der Waals surface area contributed by atoms with Crippen LogP contribution in [0.1, 0.15) is 22.4 Å². The molecule has 0 saturated heterocycles. The van der Waals surface area contributed by atoms with Crippen molar-refractivity contribution >= 4 is 5.82 Å². The molecule has 4 nitrogen and oxygen atoms in total. The predicted molar refractivity (Wildman–Crippen MR) is 47.8 cm³/mol. The summed E-state index contributed by atoms with van der Waals surface area (Å²) >= 11 is 0. The van der Waals surface area contributed by atoms with Crippen molar-refractivity contribution < 1.29 is 13.2 Å². The van der Waals surface area contributed by atoms with Gasteiger partial charge in [0.25, 0.3) is 0 Å². The summed E-state index contributed by atoms with van der Waals surface area (Å²) in [6.07, 6.45) is -4.81. The Kier molecular flexibility index (Phi) is 2.73. The first-order valence-electron chi connectivity index (χ1n) is 4.00. The van der Waals surface area contributed by atoms with Crippen molar-refractivity contribution in [3.63, 3.8) is 0 Å². The van der Waals surface area contributed by atoms with Crippen LogP contribution >= 0.6 is 0 Å². The Morgan fingerprint density at radius 2 is 1.69 bits per heavy atom. The molecule has 0 radical (unpaired) electrons. The van der Waals surface area contributed by atoms with Gasteiger partial charge in [0.15, 0.2) is 0 Å². The molecule has 16 heavy (non-hydrogen) atoms. The van der Waals surface area contributed by atoms with Crippen LogP contribution in [0.5, 0.6) is 0 Å². The van der Waals surface area contributed by atoms with E-state index in [9.17, 15) is 13.2 Å². The Morgan fingerprint density at radius 3 is 2.06 bits per heavy atom. The predicted octanol–water partition coefficient (Wildman–Crippen LogP) is 1.73. The summed E-state index contributed by atoms with van der Waals surface area (Å²) < 4.78 is 38.0. The van der Waals surface area contributed by atoms with E-state index in [2.05, 4.69) is 4.98 Å². The normalized spacial score (nSPS) is 10.6. The van der Waals surface area contributed by atoms with Gasteiger partial charge in [0.05, 0.1) is 16.8 Å². The molecule has 0 aliphatic heterocycles. The molecule has 0 aliphatic rings.